The fraction of sp³-hybridized carbons (Fsp3) is 0.214. The van der Waals surface area contributed by atoms with Crippen molar-refractivity contribution in [2.45, 2.75) is 13.5 Å². The summed E-state index contributed by atoms with van der Waals surface area (Å²) >= 11 is 0. The Balaban J connectivity index is 2.41. The Kier molecular flexibility index (Phi) is 5.58. The highest BCUT2D eigenvalue weighted by atomic mass is 16.5. The van der Waals surface area contributed by atoms with Crippen molar-refractivity contribution in [1.29, 1.82) is 0 Å². The minimum absolute atomic E-state index is 0.0982. The van der Waals surface area contributed by atoms with E-state index in [1.54, 1.807) is 13.2 Å². The third kappa shape index (κ3) is 5.02. The van der Waals surface area contributed by atoms with Gasteiger partial charge in [-0.05, 0) is 24.6 Å². The molecule has 0 atom stereocenters. The number of amides is 1. The van der Waals surface area contributed by atoms with E-state index in [0.717, 1.165) is 11.3 Å². The monoisotopic (exact) mass is 231 g/mol. The number of carbonyl (C=O) groups excluding carboxylic acids is 1. The highest BCUT2D eigenvalue weighted by Crippen LogP contribution is 2.10. The molecule has 17 heavy (non-hydrogen) atoms. The number of methoxy groups -OCH3 is 1. The number of ether oxygens (including phenoxy) is 1. The normalized spacial score (nSPS) is 10.9. The fourth-order valence-electron chi connectivity index (χ4n) is 1.25. The van der Waals surface area contributed by atoms with Gasteiger partial charge in [0.15, 0.2) is 0 Å². The lowest BCUT2D eigenvalue weighted by atomic mass is 10.2. The predicted octanol–water partition coefficient (Wildman–Crippen LogP) is 2.44. The lowest BCUT2D eigenvalue weighted by Gasteiger charge is -2.04. The zero-order valence-electron chi connectivity index (χ0n) is 10.1. The van der Waals surface area contributed by atoms with Crippen LogP contribution in [0.2, 0.25) is 0 Å². The molecule has 1 aromatic rings. The summed E-state index contributed by atoms with van der Waals surface area (Å²) in [7, 11) is 1.63. The second-order valence-corrected chi connectivity index (χ2v) is 3.45. The van der Waals surface area contributed by atoms with E-state index in [1.807, 2.05) is 43.3 Å². The number of benzene rings is 1. The van der Waals surface area contributed by atoms with Gasteiger partial charge in [-0.3, -0.25) is 4.79 Å². The zero-order valence-corrected chi connectivity index (χ0v) is 10.1. The van der Waals surface area contributed by atoms with Crippen molar-refractivity contribution in [3.63, 3.8) is 0 Å². The van der Waals surface area contributed by atoms with Crippen LogP contribution in [-0.2, 0) is 11.3 Å². The summed E-state index contributed by atoms with van der Waals surface area (Å²) in [6.45, 7) is 2.42. The molecule has 0 heterocycles. The molecule has 0 unspecified atom stereocenters. The van der Waals surface area contributed by atoms with Crippen LogP contribution in [0.4, 0.5) is 0 Å². The van der Waals surface area contributed by atoms with Gasteiger partial charge in [-0.2, -0.15) is 0 Å². The molecular weight excluding hydrogens is 214 g/mol. The van der Waals surface area contributed by atoms with Gasteiger partial charge in [0.25, 0.3) is 0 Å². The standard InChI is InChI=1S/C14H17NO2/c1-3-4-5-6-14(16)15-11-12-7-9-13(17-2)10-8-12/h3-10H,11H2,1-2H3,(H,15,16)/b4-3+,6-5+. The molecule has 1 amide bonds. The Morgan fingerprint density at radius 1 is 1.29 bits per heavy atom. The summed E-state index contributed by atoms with van der Waals surface area (Å²) in [5.74, 6) is 0.715. The topological polar surface area (TPSA) is 38.3 Å². The number of nitrogens with one attached hydrogen (secondary N) is 1. The quantitative estimate of drug-likeness (QED) is 0.624. The third-order valence-corrected chi connectivity index (χ3v) is 2.18. The molecule has 0 saturated carbocycles. The number of rotatable bonds is 5. The van der Waals surface area contributed by atoms with Gasteiger partial charge in [0.2, 0.25) is 5.91 Å². The first-order valence-electron chi connectivity index (χ1n) is 5.46. The number of carbonyl (C=O) groups is 1. The van der Waals surface area contributed by atoms with E-state index < -0.39 is 0 Å². The van der Waals surface area contributed by atoms with Gasteiger partial charge in [0, 0.05) is 12.6 Å². The molecule has 3 heteroatoms. The van der Waals surface area contributed by atoms with Crippen molar-refractivity contribution in [3.05, 3.63) is 54.1 Å². The van der Waals surface area contributed by atoms with Crippen LogP contribution in [0.5, 0.6) is 5.75 Å². The van der Waals surface area contributed by atoms with E-state index in [-0.39, 0.29) is 5.91 Å². The first-order chi connectivity index (χ1) is 8.26. The van der Waals surface area contributed by atoms with Crippen molar-refractivity contribution in [2.24, 2.45) is 0 Å². The molecule has 3 nitrogen and oxygen atoms in total. The van der Waals surface area contributed by atoms with Gasteiger partial charge in [0.05, 0.1) is 7.11 Å². The highest BCUT2D eigenvalue weighted by molar-refractivity contribution is 5.87. The summed E-state index contributed by atoms with van der Waals surface area (Å²) in [6.07, 6.45) is 6.90. The third-order valence-electron chi connectivity index (χ3n) is 2.18. The van der Waals surface area contributed by atoms with E-state index in [0.29, 0.717) is 6.54 Å². The zero-order chi connectivity index (χ0) is 12.5. The fourth-order valence-corrected chi connectivity index (χ4v) is 1.25. The minimum atomic E-state index is -0.0982. The molecule has 0 spiro atoms. The number of hydrogen-bond acceptors (Lipinski definition) is 2. The van der Waals surface area contributed by atoms with E-state index in [2.05, 4.69) is 5.32 Å². The summed E-state index contributed by atoms with van der Waals surface area (Å²) in [6, 6.07) is 7.60. The lowest BCUT2D eigenvalue weighted by Crippen LogP contribution is -2.20. The number of hydrogen-bond donors (Lipinski definition) is 1. The molecule has 1 aromatic carbocycles. The molecule has 0 aliphatic rings. The SMILES string of the molecule is C/C=C/C=C/C(=O)NCc1ccc(OC)cc1. The first-order valence-corrected chi connectivity index (χ1v) is 5.46. The van der Waals surface area contributed by atoms with E-state index in [4.69, 9.17) is 4.74 Å². The van der Waals surface area contributed by atoms with Gasteiger partial charge in [0.1, 0.15) is 5.75 Å². The molecule has 0 aliphatic heterocycles. The van der Waals surface area contributed by atoms with Crippen LogP contribution < -0.4 is 10.1 Å². The minimum Gasteiger partial charge on any atom is -0.497 e. The van der Waals surface area contributed by atoms with Crippen molar-refractivity contribution in [1.82, 2.24) is 5.32 Å². The maximum atomic E-state index is 11.4. The summed E-state index contributed by atoms with van der Waals surface area (Å²) in [4.78, 5) is 11.4. The maximum Gasteiger partial charge on any atom is 0.244 e. The van der Waals surface area contributed by atoms with E-state index >= 15 is 0 Å². The van der Waals surface area contributed by atoms with Crippen LogP contribution in [0.1, 0.15) is 12.5 Å². The smallest absolute Gasteiger partial charge is 0.244 e. The van der Waals surface area contributed by atoms with Gasteiger partial charge in [-0.15, -0.1) is 0 Å². The Morgan fingerprint density at radius 2 is 2.00 bits per heavy atom. The summed E-state index contributed by atoms with van der Waals surface area (Å²) in [5.41, 5.74) is 1.04. The van der Waals surface area contributed by atoms with Crippen molar-refractivity contribution < 1.29 is 9.53 Å². The van der Waals surface area contributed by atoms with Crippen LogP contribution in [-0.4, -0.2) is 13.0 Å². The molecule has 0 aliphatic carbocycles. The molecule has 0 bridgehead atoms. The molecule has 90 valence electrons. The number of allylic oxidation sites excluding steroid dienone is 3. The predicted molar refractivity (Wildman–Crippen MR) is 68.8 cm³/mol. The molecule has 0 aromatic heterocycles. The van der Waals surface area contributed by atoms with Crippen LogP contribution in [0.25, 0.3) is 0 Å². The van der Waals surface area contributed by atoms with Gasteiger partial charge in [-0.25, -0.2) is 0 Å². The second-order valence-electron chi connectivity index (χ2n) is 3.45. The Hall–Kier alpha value is -2.03. The maximum absolute atomic E-state index is 11.4. The van der Waals surface area contributed by atoms with E-state index in [9.17, 15) is 4.79 Å². The van der Waals surface area contributed by atoms with Crippen LogP contribution >= 0.6 is 0 Å². The molecular formula is C14H17NO2. The second kappa shape index (κ2) is 7.28. The largest absolute Gasteiger partial charge is 0.497 e. The average molecular weight is 231 g/mol. The van der Waals surface area contributed by atoms with E-state index in [1.165, 1.54) is 6.08 Å². The molecule has 1 rings (SSSR count). The molecule has 0 radical (unpaired) electrons. The molecule has 1 N–H and O–H groups in total. The lowest BCUT2D eigenvalue weighted by molar-refractivity contribution is -0.116. The Labute approximate surface area is 102 Å². The molecule has 0 fully saturated rings. The van der Waals surface area contributed by atoms with Crippen LogP contribution in [0.3, 0.4) is 0 Å². The van der Waals surface area contributed by atoms with Crippen molar-refractivity contribution >= 4 is 5.91 Å². The average Bonchev–Trinajstić information content (AvgIpc) is 2.37. The van der Waals surface area contributed by atoms with Crippen molar-refractivity contribution in [3.8, 4) is 5.75 Å². The first kappa shape index (κ1) is 13.0. The highest BCUT2D eigenvalue weighted by Gasteiger charge is 1.96. The summed E-state index contributed by atoms with van der Waals surface area (Å²) in [5, 5.41) is 2.79. The van der Waals surface area contributed by atoms with Crippen LogP contribution in [0.15, 0.2) is 48.6 Å². The molecule has 0 saturated heterocycles. The van der Waals surface area contributed by atoms with Crippen molar-refractivity contribution in [2.75, 3.05) is 7.11 Å². The van der Waals surface area contributed by atoms with Gasteiger partial charge >= 0.3 is 0 Å². The Bertz CT molecular complexity index is 405. The summed E-state index contributed by atoms with van der Waals surface area (Å²) < 4.78 is 5.05. The van der Waals surface area contributed by atoms with Gasteiger partial charge < -0.3 is 10.1 Å². The Morgan fingerprint density at radius 3 is 2.59 bits per heavy atom. The van der Waals surface area contributed by atoms with Gasteiger partial charge in [-0.1, -0.05) is 30.4 Å². The van der Waals surface area contributed by atoms with Crippen LogP contribution in [0, 0.1) is 0 Å².